The maximum absolute atomic E-state index is 9.06. The van der Waals surface area contributed by atoms with E-state index in [-0.39, 0.29) is 6.61 Å². The second-order valence-electron chi connectivity index (χ2n) is 4.57. The van der Waals surface area contributed by atoms with Gasteiger partial charge < -0.3 is 9.84 Å². The molecule has 0 fully saturated rings. The summed E-state index contributed by atoms with van der Waals surface area (Å²) in [6.45, 7) is 2.86. The third-order valence-corrected chi connectivity index (χ3v) is 3.17. The molecule has 0 radical (unpaired) electrons. The van der Waals surface area contributed by atoms with Gasteiger partial charge in [0.15, 0.2) is 0 Å². The molecule has 0 saturated carbocycles. The van der Waals surface area contributed by atoms with Crippen LogP contribution in [-0.4, -0.2) is 11.7 Å². The number of aliphatic hydroxyl groups excluding tert-OH is 1. The fourth-order valence-corrected chi connectivity index (χ4v) is 1.96. The van der Waals surface area contributed by atoms with Gasteiger partial charge in [-0.2, -0.15) is 0 Å². The summed E-state index contributed by atoms with van der Waals surface area (Å²) in [6, 6.07) is 16.2. The number of rotatable bonds is 6. The van der Waals surface area contributed by atoms with Crippen LogP contribution in [-0.2, 0) is 19.4 Å². The van der Waals surface area contributed by atoms with Crippen LogP contribution < -0.4 is 4.74 Å². The lowest BCUT2D eigenvalue weighted by molar-refractivity contribution is 0.279. The molecule has 0 heterocycles. The van der Waals surface area contributed by atoms with Crippen molar-refractivity contribution in [2.24, 2.45) is 0 Å². The zero-order chi connectivity index (χ0) is 13.5. The molecule has 100 valence electrons. The van der Waals surface area contributed by atoms with Crippen LogP contribution in [0.2, 0.25) is 0 Å². The Labute approximate surface area is 114 Å². The molecule has 0 atom stereocenters. The van der Waals surface area contributed by atoms with Crippen molar-refractivity contribution in [2.45, 2.75) is 26.4 Å². The van der Waals surface area contributed by atoms with Crippen LogP contribution in [0.1, 0.15) is 23.6 Å². The third-order valence-electron chi connectivity index (χ3n) is 3.17. The maximum Gasteiger partial charge on any atom is 0.119 e. The molecule has 2 aromatic carbocycles. The van der Waals surface area contributed by atoms with E-state index in [1.807, 2.05) is 24.3 Å². The van der Waals surface area contributed by atoms with Crippen molar-refractivity contribution in [3.63, 3.8) is 0 Å². The minimum Gasteiger partial charge on any atom is -0.493 e. The van der Waals surface area contributed by atoms with Gasteiger partial charge in [-0.3, -0.25) is 0 Å². The quantitative estimate of drug-likeness (QED) is 0.858. The van der Waals surface area contributed by atoms with Crippen LogP contribution in [0.4, 0.5) is 0 Å². The van der Waals surface area contributed by atoms with E-state index in [1.165, 1.54) is 11.1 Å². The standard InChI is InChI=1S/C17H20O2/c1-2-14-6-8-15(9-7-14)10-11-19-17-5-3-4-16(12-17)13-18/h3-9,12,18H,2,10-11,13H2,1H3. The summed E-state index contributed by atoms with van der Waals surface area (Å²) in [7, 11) is 0. The first-order valence-electron chi connectivity index (χ1n) is 6.72. The Morgan fingerprint density at radius 1 is 0.947 bits per heavy atom. The van der Waals surface area contributed by atoms with Crippen molar-refractivity contribution in [1.29, 1.82) is 0 Å². The maximum atomic E-state index is 9.06. The second-order valence-corrected chi connectivity index (χ2v) is 4.57. The molecular formula is C17H20O2. The van der Waals surface area contributed by atoms with Gasteiger partial charge in [0.05, 0.1) is 13.2 Å². The van der Waals surface area contributed by atoms with Crippen molar-refractivity contribution in [2.75, 3.05) is 6.61 Å². The Morgan fingerprint density at radius 2 is 1.68 bits per heavy atom. The van der Waals surface area contributed by atoms with Gasteiger partial charge in [-0.1, -0.05) is 43.3 Å². The Kier molecular flexibility index (Phi) is 4.99. The molecule has 0 aliphatic rings. The molecule has 0 unspecified atom stereocenters. The van der Waals surface area contributed by atoms with Crippen LogP contribution in [0.5, 0.6) is 5.75 Å². The molecule has 2 nitrogen and oxygen atoms in total. The molecule has 2 aromatic rings. The molecule has 0 saturated heterocycles. The SMILES string of the molecule is CCc1ccc(CCOc2cccc(CO)c2)cc1. The van der Waals surface area contributed by atoms with Gasteiger partial charge in [0, 0.05) is 6.42 Å². The summed E-state index contributed by atoms with van der Waals surface area (Å²) in [5, 5.41) is 9.06. The summed E-state index contributed by atoms with van der Waals surface area (Å²) in [4.78, 5) is 0. The summed E-state index contributed by atoms with van der Waals surface area (Å²) in [5.41, 5.74) is 3.53. The zero-order valence-corrected chi connectivity index (χ0v) is 11.3. The van der Waals surface area contributed by atoms with Gasteiger partial charge in [-0.25, -0.2) is 0 Å². The monoisotopic (exact) mass is 256 g/mol. The highest BCUT2D eigenvalue weighted by atomic mass is 16.5. The number of benzene rings is 2. The largest absolute Gasteiger partial charge is 0.493 e. The highest BCUT2D eigenvalue weighted by molar-refractivity contribution is 5.28. The lowest BCUT2D eigenvalue weighted by Crippen LogP contribution is -2.01. The second kappa shape index (κ2) is 6.95. The topological polar surface area (TPSA) is 29.5 Å². The molecule has 1 N–H and O–H groups in total. The smallest absolute Gasteiger partial charge is 0.119 e. The van der Waals surface area contributed by atoms with E-state index < -0.39 is 0 Å². The number of aliphatic hydroxyl groups is 1. The minimum atomic E-state index is 0.0513. The molecular weight excluding hydrogens is 236 g/mol. The van der Waals surface area contributed by atoms with Crippen LogP contribution in [0, 0.1) is 0 Å². The molecule has 19 heavy (non-hydrogen) atoms. The van der Waals surface area contributed by atoms with E-state index in [4.69, 9.17) is 9.84 Å². The average molecular weight is 256 g/mol. The molecule has 0 aromatic heterocycles. The van der Waals surface area contributed by atoms with E-state index in [0.29, 0.717) is 6.61 Å². The van der Waals surface area contributed by atoms with Crippen LogP contribution in [0.3, 0.4) is 0 Å². The van der Waals surface area contributed by atoms with E-state index in [2.05, 4.69) is 31.2 Å². The van der Waals surface area contributed by atoms with Gasteiger partial charge in [0.1, 0.15) is 5.75 Å². The minimum absolute atomic E-state index is 0.0513. The predicted octanol–water partition coefficient (Wildman–Crippen LogP) is 3.36. The fourth-order valence-electron chi connectivity index (χ4n) is 1.96. The highest BCUT2D eigenvalue weighted by Crippen LogP contribution is 2.14. The third kappa shape index (κ3) is 4.11. The molecule has 0 aliphatic carbocycles. The Balaban J connectivity index is 1.85. The molecule has 0 aliphatic heterocycles. The number of hydrogen-bond donors (Lipinski definition) is 1. The molecule has 0 amide bonds. The lowest BCUT2D eigenvalue weighted by Gasteiger charge is -2.07. The van der Waals surface area contributed by atoms with Crippen molar-refractivity contribution in [3.05, 3.63) is 65.2 Å². The number of aryl methyl sites for hydroxylation is 1. The van der Waals surface area contributed by atoms with Crippen molar-refractivity contribution in [3.8, 4) is 5.75 Å². The first kappa shape index (κ1) is 13.6. The van der Waals surface area contributed by atoms with E-state index in [0.717, 1.165) is 24.2 Å². The Hall–Kier alpha value is -1.80. The predicted molar refractivity (Wildman–Crippen MR) is 77.4 cm³/mol. The van der Waals surface area contributed by atoms with Gasteiger partial charge in [-0.15, -0.1) is 0 Å². The van der Waals surface area contributed by atoms with Crippen LogP contribution in [0.15, 0.2) is 48.5 Å². The van der Waals surface area contributed by atoms with Crippen LogP contribution >= 0.6 is 0 Å². The Bertz CT molecular complexity index is 503. The van der Waals surface area contributed by atoms with Gasteiger partial charge >= 0.3 is 0 Å². The first-order chi connectivity index (χ1) is 9.31. The van der Waals surface area contributed by atoms with E-state index >= 15 is 0 Å². The average Bonchev–Trinajstić information content (AvgIpc) is 2.48. The molecule has 0 spiro atoms. The normalized spacial score (nSPS) is 10.4. The molecule has 0 bridgehead atoms. The van der Waals surface area contributed by atoms with Crippen molar-refractivity contribution >= 4 is 0 Å². The summed E-state index contributed by atoms with van der Waals surface area (Å²) >= 11 is 0. The van der Waals surface area contributed by atoms with Gasteiger partial charge in [0.25, 0.3) is 0 Å². The van der Waals surface area contributed by atoms with Crippen molar-refractivity contribution < 1.29 is 9.84 Å². The molecule has 2 heteroatoms. The van der Waals surface area contributed by atoms with Gasteiger partial charge in [-0.05, 0) is 35.2 Å². The van der Waals surface area contributed by atoms with Gasteiger partial charge in [0.2, 0.25) is 0 Å². The number of hydrogen-bond acceptors (Lipinski definition) is 2. The van der Waals surface area contributed by atoms with Crippen molar-refractivity contribution in [1.82, 2.24) is 0 Å². The lowest BCUT2D eigenvalue weighted by atomic mass is 10.1. The van der Waals surface area contributed by atoms with Crippen LogP contribution in [0.25, 0.3) is 0 Å². The van der Waals surface area contributed by atoms with E-state index in [1.54, 1.807) is 0 Å². The number of ether oxygens (including phenoxy) is 1. The summed E-state index contributed by atoms with van der Waals surface area (Å²) in [6.07, 6.45) is 1.97. The summed E-state index contributed by atoms with van der Waals surface area (Å²) < 4.78 is 5.70. The van der Waals surface area contributed by atoms with E-state index in [9.17, 15) is 0 Å². The summed E-state index contributed by atoms with van der Waals surface area (Å²) in [5.74, 6) is 0.816. The highest BCUT2D eigenvalue weighted by Gasteiger charge is 1.98. The fraction of sp³-hybridized carbons (Fsp3) is 0.294. The zero-order valence-electron chi connectivity index (χ0n) is 11.3. The Morgan fingerprint density at radius 3 is 2.37 bits per heavy atom. The molecule has 2 rings (SSSR count). The first-order valence-corrected chi connectivity index (χ1v) is 6.72.